The predicted molar refractivity (Wildman–Crippen MR) is 101 cm³/mol. The van der Waals surface area contributed by atoms with E-state index < -0.39 is 5.79 Å². The molecule has 136 valence electrons. The highest BCUT2D eigenvalue weighted by atomic mass is 16.7. The Labute approximate surface area is 148 Å². The number of unbranched alkanes of at least 4 members (excludes halogenated alkanes) is 9. The van der Waals surface area contributed by atoms with E-state index in [4.69, 9.17) is 9.47 Å². The van der Waals surface area contributed by atoms with E-state index in [9.17, 15) is 0 Å². The molecule has 1 saturated heterocycles. The molecular weight excluding hydrogens is 296 g/mol. The van der Waals surface area contributed by atoms with Crippen LogP contribution >= 0.6 is 0 Å². The van der Waals surface area contributed by atoms with Crippen LogP contribution in [0.25, 0.3) is 0 Å². The maximum atomic E-state index is 6.11. The number of hydrogen-bond donors (Lipinski definition) is 0. The van der Waals surface area contributed by atoms with E-state index in [1.54, 1.807) is 0 Å². The number of benzene rings is 1. The summed E-state index contributed by atoms with van der Waals surface area (Å²) >= 11 is 0. The summed E-state index contributed by atoms with van der Waals surface area (Å²) in [5.74, 6) is -0.486. The van der Waals surface area contributed by atoms with E-state index in [2.05, 4.69) is 37.3 Å². The molecule has 1 aromatic rings. The second-order valence-electron chi connectivity index (χ2n) is 7.10. The van der Waals surface area contributed by atoms with Crippen molar-refractivity contribution in [2.75, 3.05) is 13.2 Å². The lowest BCUT2D eigenvalue weighted by molar-refractivity contribution is -0.280. The molecule has 0 unspecified atom stereocenters. The smallest absolute Gasteiger partial charge is 0.194 e. The molecule has 24 heavy (non-hydrogen) atoms. The second kappa shape index (κ2) is 11.7. The van der Waals surface area contributed by atoms with Crippen molar-refractivity contribution >= 4 is 0 Å². The van der Waals surface area contributed by atoms with Gasteiger partial charge in [-0.1, -0.05) is 95.0 Å². The molecule has 1 aliphatic heterocycles. The lowest BCUT2D eigenvalue weighted by atomic mass is 9.97. The molecule has 1 aliphatic rings. The fraction of sp³-hybridized carbons (Fsp3) is 0.727. The van der Waals surface area contributed by atoms with E-state index in [1.165, 1.54) is 69.8 Å². The largest absolute Gasteiger partial charge is 0.346 e. The minimum Gasteiger partial charge on any atom is -0.346 e. The van der Waals surface area contributed by atoms with Crippen LogP contribution in [0.15, 0.2) is 30.3 Å². The van der Waals surface area contributed by atoms with Gasteiger partial charge in [-0.2, -0.15) is 0 Å². The maximum absolute atomic E-state index is 6.11. The van der Waals surface area contributed by atoms with E-state index in [0.717, 1.165) is 26.1 Å². The molecule has 0 radical (unpaired) electrons. The fourth-order valence-corrected chi connectivity index (χ4v) is 3.57. The molecule has 1 aromatic carbocycles. The molecule has 0 saturated carbocycles. The lowest BCUT2D eigenvalue weighted by Gasteiger charge is -2.37. The molecule has 0 bridgehead atoms. The van der Waals surface area contributed by atoms with Gasteiger partial charge in [0.25, 0.3) is 0 Å². The van der Waals surface area contributed by atoms with Crippen LogP contribution in [0.2, 0.25) is 0 Å². The molecule has 1 fully saturated rings. The average molecular weight is 333 g/mol. The summed E-state index contributed by atoms with van der Waals surface area (Å²) in [5.41, 5.74) is 1.18. The van der Waals surface area contributed by atoms with E-state index in [-0.39, 0.29) is 0 Å². The summed E-state index contributed by atoms with van der Waals surface area (Å²) in [6.45, 7) is 3.90. The molecule has 1 heterocycles. The van der Waals surface area contributed by atoms with E-state index >= 15 is 0 Å². The Morgan fingerprint density at radius 1 is 0.750 bits per heavy atom. The van der Waals surface area contributed by atoms with Gasteiger partial charge in [-0.3, -0.25) is 0 Å². The summed E-state index contributed by atoms with van der Waals surface area (Å²) in [5, 5.41) is 0. The maximum Gasteiger partial charge on any atom is 0.194 e. The average Bonchev–Trinajstić information content (AvgIpc) is 2.65. The fourth-order valence-electron chi connectivity index (χ4n) is 3.57. The normalized spacial score (nSPS) is 17.0. The van der Waals surface area contributed by atoms with Gasteiger partial charge in [0.1, 0.15) is 0 Å². The molecule has 0 aromatic heterocycles. The van der Waals surface area contributed by atoms with Crippen molar-refractivity contribution in [2.45, 2.75) is 89.8 Å². The summed E-state index contributed by atoms with van der Waals surface area (Å²) in [7, 11) is 0. The van der Waals surface area contributed by atoms with E-state index in [1.807, 2.05) is 0 Å². The quantitative estimate of drug-likeness (QED) is 0.402. The number of rotatable bonds is 12. The molecule has 0 amide bonds. The van der Waals surface area contributed by atoms with Crippen LogP contribution < -0.4 is 0 Å². The molecule has 2 nitrogen and oxygen atoms in total. The first-order valence-corrected chi connectivity index (χ1v) is 10.2. The SMILES string of the molecule is CCCCCCCCCCCCC1(c2ccccc2)OCCCO1. The van der Waals surface area contributed by atoms with Crippen LogP contribution in [0.4, 0.5) is 0 Å². The Morgan fingerprint density at radius 3 is 1.88 bits per heavy atom. The lowest BCUT2D eigenvalue weighted by Crippen LogP contribution is -2.38. The Bertz CT molecular complexity index is 409. The minimum atomic E-state index is -0.486. The second-order valence-corrected chi connectivity index (χ2v) is 7.10. The minimum absolute atomic E-state index is 0.486. The van der Waals surface area contributed by atoms with Gasteiger partial charge in [0.05, 0.1) is 13.2 Å². The Kier molecular flexibility index (Phi) is 9.45. The van der Waals surface area contributed by atoms with Crippen LogP contribution in [0, 0.1) is 0 Å². The number of ether oxygens (including phenoxy) is 2. The molecule has 2 heteroatoms. The summed E-state index contributed by atoms with van der Waals surface area (Å²) in [6.07, 6.45) is 15.6. The Morgan fingerprint density at radius 2 is 1.29 bits per heavy atom. The van der Waals surface area contributed by atoms with Crippen molar-refractivity contribution in [1.29, 1.82) is 0 Å². The highest BCUT2D eigenvalue weighted by molar-refractivity contribution is 5.20. The van der Waals surface area contributed by atoms with Gasteiger partial charge >= 0.3 is 0 Å². The zero-order valence-corrected chi connectivity index (χ0v) is 15.6. The summed E-state index contributed by atoms with van der Waals surface area (Å²) in [6, 6.07) is 10.5. The van der Waals surface area contributed by atoms with Gasteiger partial charge < -0.3 is 9.47 Å². The molecular formula is C22H36O2. The van der Waals surface area contributed by atoms with Gasteiger partial charge in [-0.15, -0.1) is 0 Å². The van der Waals surface area contributed by atoms with Gasteiger partial charge in [0.15, 0.2) is 5.79 Å². The third-order valence-electron chi connectivity index (χ3n) is 5.03. The predicted octanol–water partition coefficient (Wildman–Crippen LogP) is 6.59. The van der Waals surface area contributed by atoms with Gasteiger partial charge in [0, 0.05) is 12.0 Å². The molecule has 0 spiro atoms. The zero-order chi connectivity index (χ0) is 16.9. The zero-order valence-electron chi connectivity index (χ0n) is 15.6. The first kappa shape index (κ1) is 19.5. The van der Waals surface area contributed by atoms with Crippen molar-refractivity contribution in [1.82, 2.24) is 0 Å². The Balaban J connectivity index is 1.63. The van der Waals surface area contributed by atoms with Crippen molar-refractivity contribution in [3.63, 3.8) is 0 Å². The van der Waals surface area contributed by atoms with Crippen molar-refractivity contribution in [2.24, 2.45) is 0 Å². The van der Waals surface area contributed by atoms with Crippen LogP contribution in [0.1, 0.15) is 89.5 Å². The Hall–Kier alpha value is -0.860. The molecule has 0 N–H and O–H groups in total. The third kappa shape index (κ3) is 6.57. The van der Waals surface area contributed by atoms with Gasteiger partial charge in [-0.05, 0) is 12.8 Å². The van der Waals surface area contributed by atoms with Crippen LogP contribution in [0.5, 0.6) is 0 Å². The topological polar surface area (TPSA) is 18.5 Å². The van der Waals surface area contributed by atoms with E-state index in [0.29, 0.717) is 0 Å². The summed E-state index contributed by atoms with van der Waals surface area (Å²) in [4.78, 5) is 0. The van der Waals surface area contributed by atoms with Crippen molar-refractivity contribution in [3.05, 3.63) is 35.9 Å². The highest BCUT2D eigenvalue weighted by Crippen LogP contribution is 2.35. The highest BCUT2D eigenvalue weighted by Gasteiger charge is 2.35. The number of hydrogen-bond acceptors (Lipinski definition) is 2. The van der Waals surface area contributed by atoms with Crippen molar-refractivity contribution < 1.29 is 9.47 Å². The summed E-state index contributed by atoms with van der Waals surface area (Å²) < 4.78 is 12.2. The third-order valence-corrected chi connectivity index (χ3v) is 5.03. The first-order valence-electron chi connectivity index (χ1n) is 10.2. The van der Waals surface area contributed by atoms with Crippen LogP contribution in [-0.2, 0) is 15.3 Å². The molecule has 2 rings (SSSR count). The van der Waals surface area contributed by atoms with Gasteiger partial charge in [0.2, 0.25) is 0 Å². The molecule has 0 atom stereocenters. The monoisotopic (exact) mass is 332 g/mol. The van der Waals surface area contributed by atoms with Gasteiger partial charge in [-0.25, -0.2) is 0 Å². The van der Waals surface area contributed by atoms with Crippen molar-refractivity contribution in [3.8, 4) is 0 Å². The standard InChI is InChI=1S/C22H36O2/c1-2-3-4-5-6-7-8-9-10-14-18-22(23-19-15-20-24-22)21-16-12-11-13-17-21/h11-13,16-17H,2-10,14-15,18-20H2,1H3. The first-order chi connectivity index (χ1) is 11.9. The van der Waals surface area contributed by atoms with Crippen LogP contribution in [0.3, 0.4) is 0 Å². The molecule has 0 aliphatic carbocycles. The van der Waals surface area contributed by atoms with Crippen LogP contribution in [-0.4, -0.2) is 13.2 Å².